The SMILES string of the molecule is CCc1ccccc1NC(=O)CN(C)C(=O)COC(=O)CN1CCSC1=O. The highest BCUT2D eigenvalue weighted by atomic mass is 32.2. The summed E-state index contributed by atoms with van der Waals surface area (Å²) in [4.78, 5) is 49.9. The maximum absolute atomic E-state index is 12.1. The van der Waals surface area contributed by atoms with E-state index < -0.39 is 18.5 Å². The topological polar surface area (TPSA) is 96.0 Å². The number of likely N-dealkylation sites (N-methyl/N-ethyl adjacent to an activating group) is 1. The number of nitrogens with one attached hydrogen (secondary N) is 1. The minimum absolute atomic E-state index is 0.157. The standard InChI is InChI=1S/C18H23N3O5S/c1-3-13-6-4-5-7-14(13)19-15(22)10-20(2)16(23)12-26-17(24)11-21-8-9-27-18(21)25/h4-7H,3,8-12H2,1-2H3,(H,19,22). The zero-order chi connectivity index (χ0) is 19.8. The van der Waals surface area contributed by atoms with E-state index in [9.17, 15) is 19.2 Å². The van der Waals surface area contributed by atoms with Crippen molar-refractivity contribution in [3.8, 4) is 0 Å². The molecule has 27 heavy (non-hydrogen) atoms. The van der Waals surface area contributed by atoms with Crippen LogP contribution in [0.1, 0.15) is 12.5 Å². The fourth-order valence-electron chi connectivity index (χ4n) is 2.47. The molecule has 2 rings (SSSR count). The Balaban J connectivity index is 1.75. The van der Waals surface area contributed by atoms with E-state index in [2.05, 4.69) is 5.32 Å². The van der Waals surface area contributed by atoms with Crippen molar-refractivity contribution in [3.63, 3.8) is 0 Å². The Morgan fingerprint density at radius 2 is 2.04 bits per heavy atom. The second-order valence-electron chi connectivity index (χ2n) is 6.01. The summed E-state index contributed by atoms with van der Waals surface area (Å²) in [5.74, 6) is -0.833. The third-order valence-electron chi connectivity index (χ3n) is 4.00. The minimum atomic E-state index is -0.645. The molecule has 0 unspecified atom stereocenters. The van der Waals surface area contributed by atoms with E-state index in [4.69, 9.17) is 4.74 Å². The average Bonchev–Trinajstić information content (AvgIpc) is 3.04. The first kappa shape index (κ1) is 20.8. The van der Waals surface area contributed by atoms with Crippen LogP contribution in [-0.2, 0) is 25.5 Å². The van der Waals surface area contributed by atoms with Crippen LogP contribution in [0.2, 0.25) is 0 Å². The van der Waals surface area contributed by atoms with E-state index >= 15 is 0 Å². The van der Waals surface area contributed by atoms with Gasteiger partial charge in [-0.3, -0.25) is 19.2 Å². The molecule has 1 aromatic rings. The molecule has 8 nitrogen and oxygen atoms in total. The number of amides is 3. The van der Waals surface area contributed by atoms with Crippen molar-refractivity contribution in [1.29, 1.82) is 0 Å². The third-order valence-corrected chi connectivity index (χ3v) is 4.89. The van der Waals surface area contributed by atoms with Gasteiger partial charge in [-0.05, 0) is 18.1 Å². The molecule has 1 saturated heterocycles. The van der Waals surface area contributed by atoms with Gasteiger partial charge < -0.3 is 19.9 Å². The second-order valence-corrected chi connectivity index (χ2v) is 7.05. The highest BCUT2D eigenvalue weighted by molar-refractivity contribution is 8.13. The molecule has 9 heteroatoms. The predicted octanol–water partition coefficient (Wildman–Crippen LogP) is 1.36. The number of thioether (sulfide) groups is 1. The lowest BCUT2D eigenvalue weighted by Crippen LogP contribution is -2.38. The Morgan fingerprint density at radius 1 is 1.30 bits per heavy atom. The lowest BCUT2D eigenvalue weighted by molar-refractivity contribution is -0.152. The number of hydrogen-bond donors (Lipinski definition) is 1. The smallest absolute Gasteiger partial charge is 0.326 e. The third kappa shape index (κ3) is 6.28. The molecule has 1 fully saturated rings. The van der Waals surface area contributed by atoms with Gasteiger partial charge in [0.2, 0.25) is 5.91 Å². The van der Waals surface area contributed by atoms with Crippen molar-refractivity contribution in [1.82, 2.24) is 9.80 Å². The molecule has 0 spiro atoms. The number of aryl methyl sites for hydroxylation is 1. The molecule has 3 amide bonds. The van der Waals surface area contributed by atoms with Crippen molar-refractivity contribution in [2.75, 3.05) is 44.4 Å². The van der Waals surface area contributed by atoms with Crippen LogP contribution in [-0.4, -0.2) is 71.9 Å². The van der Waals surface area contributed by atoms with Crippen molar-refractivity contribution < 1.29 is 23.9 Å². The predicted molar refractivity (Wildman–Crippen MR) is 102 cm³/mol. The summed E-state index contributed by atoms with van der Waals surface area (Å²) in [6, 6.07) is 7.45. The molecule has 0 aromatic heterocycles. The first-order valence-electron chi connectivity index (χ1n) is 8.59. The molecule has 1 heterocycles. The van der Waals surface area contributed by atoms with Gasteiger partial charge in [-0.15, -0.1) is 0 Å². The number of carbonyl (C=O) groups is 4. The molecular formula is C18H23N3O5S. The summed E-state index contributed by atoms with van der Waals surface area (Å²) in [6.45, 7) is 1.69. The van der Waals surface area contributed by atoms with Crippen LogP contribution in [0, 0.1) is 0 Å². The number of hydrogen-bond acceptors (Lipinski definition) is 6. The number of esters is 1. The van der Waals surface area contributed by atoms with Crippen LogP contribution in [0.5, 0.6) is 0 Å². The largest absolute Gasteiger partial charge is 0.454 e. The zero-order valence-corrected chi connectivity index (χ0v) is 16.2. The van der Waals surface area contributed by atoms with E-state index in [1.165, 1.54) is 16.8 Å². The second kappa shape index (κ2) is 9.96. The van der Waals surface area contributed by atoms with Crippen molar-refractivity contribution in [3.05, 3.63) is 29.8 Å². The molecule has 1 N–H and O–H groups in total. The van der Waals surface area contributed by atoms with Gasteiger partial charge in [0, 0.05) is 25.0 Å². The van der Waals surface area contributed by atoms with E-state index in [-0.39, 0.29) is 24.2 Å². The molecule has 146 valence electrons. The summed E-state index contributed by atoms with van der Waals surface area (Å²) in [6.07, 6.45) is 0.777. The van der Waals surface area contributed by atoms with Gasteiger partial charge in [-0.2, -0.15) is 0 Å². The number of rotatable bonds is 8. The Kier molecular flexibility index (Phi) is 7.66. The lowest BCUT2D eigenvalue weighted by Gasteiger charge is -2.18. The lowest BCUT2D eigenvalue weighted by atomic mass is 10.1. The number of benzene rings is 1. The average molecular weight is 393 g/mol. The number of anilines is 1. The number of nitrogens with zero attached hydrogens (tertiary/aromatic N) is 2. The van der Waals surface area contributed by atoms with Crippen molar-refractivity contribution >= 4 is 40.5 Å². The van der Waals surface area contributed by atoms with E-state index in [1.54, 1.807) is 6.07 Å². The first-order chi connectivity index (χ1) is 12.9. The number of para-hydroxylation sites is 1. The summed E-state index contributed by atoms with van der Waals surface area (Å²) in [5.41, 5.74) is 1.72. The normalized spacial score (nSPS) is 13.4. The van der Waals surface area contributed by atoms with Crippen LogP contribution < -0.4 is 5.32 Å². The molecule has 0 bridgehead atoms. The summed E-state index contributed by atoms with van der Waals surface area (Å²) in [5, 5.41) is 2.61. The number of carbonyl (C=O) groups excluding carboxylic acids is 4. The highest BCUT2D eigenvalue weighted by Crippen LogP contribution is 2.17. The molecule has 1 aromatic carbocycles. The fourth-order valence-corrected chi connectivity index (χ4v) is 3.29. The van der Waals surface area contributed by atoms with Gasteiger partial charge in [0.1, 0.15) is 6.54 Å². The van der Waals surface area contributed by atoms with Crippen LogP contribution >= 0.6 is 11.8 Å². The van der Waals surface area contributed by atoms with Gasteiger partial charge in [0.05, 0.1) is 6.54 Å². The quantitative estimate of drug-likeness (QED) is 0.670. The van der Waals surface area contributed by atoms with Gasteiger partial charge in [0.15, 0.2) is 6.61 Å². The maximum atomic E-state index is 12.1. The summed E-state index contributed by atoms with van der Waals surface area (Å²) >= 11 is 1.15. The molecule has 0 radical (unpaired) electrons. The van der Waals surface area contributed by atoms with Gasteiger partial charge >= 0.3 is 5.97 Å². The van der Waals surface area contributed by atoms with E-state index in [0.29, 0.717) is 18.0 Å². The van der Waals surface area contributed by atoms with Crippen molar-refractivity contribution in [2.45, 2.75) is 13.3 Å². The Hall–Kier alpha value is -2.55. The van der Waals surface area contributed by atoms with Crippen LogP contribution in [0.3, 0.4) is 0 Å². The summed E-state index contributed by atoms with van der Waals surface area (Å²) in [7, 11) is 1.46. The Labute approximate surface area is 162 Å². The molecule has 0 saturated carbocycles. The van der Waals surface area contributed by atoms with E-state index in [1.807, 2.05) is 25.1 Å². The molecule has 1 aliphatic heterocycles. The van der Waals surface area contributed by atoms with Gasteiger partial charge in [-0.1, -0.05) is 36.9 Å². The minimum Gasteiger partial charge on any atom is -0.454 e. The zero-order valence-electron chi connectivity index (χ0n) is 15.4. The van der Waals surface area contributed by atoms with Crippen LogP contribution in [0.15, 0.2) is 24.3 Å². The van der Waals surface area contributed by atoms with Gasteiger partial charge in [-0.25, -0.2) is 0 Å². The Morgan fingerprint density at radius 3 is 2.70 bits per heavy atom. The number of ether oxygens (including phenoxy) is 1. The maximum Gasteiger partial charge on any atom is 0.326 e. The van der Waals surface area contributed by atoms with Gasteiger partial charge in [0.25, 0.3) is 11.1 Å². The van der Waals surface area contributed by atoms with Crippen LogP contribution in [0.25, 0.3) is 0 Å². The molecular weight excluding hydrogens is 370 g/mol. The highest BCUT2D eigenvalue weighted by Gasteiger charge is 2.24. The monoisotopic (exact) mass is 393 g/mol. The van der Waals surface area contributed by atoms with E-state index in [0.717, 1.165) is 23.7 Å². The Bertz CT molecular complexity index is 725. The molecule has 0 atom stereocenters. The molecule has 1 aliphatic rings. The van der Waals surface area contributed by atoms with Crippen molar-refractivity contribution in [2.24, 2.45) is 0 Å². The molecule has 0 aliphatic carbocycles. The fraction of sp³-hybridized carbons (Fsp3) is 0.444. The van der Waals surface area contributed by atoms with Crippen LogP contribution in [0.4, 0.5) is 10.5 Å². The first-order valence-corrected chi connectivity index (χ1v) is 9.58. The summed E-state index contributed by atoms with van der Waals surface area (Å²) < 4.78 is 4.91.